The normalized spacial score (nSPS) is 13.1. The fourth-order valence-electron chi connectivity index (χ4n) is 3.43. The van der Waals surface area contributed by atoms with E-state index in [4.69, 9.17) is 4.74 Å². The lowest BCUT2D eigenvalue weighted by Gasteiger charge is -2.26. The molecule has 3 aromatic carbocycles. The van der Waals surface area contributed by atoms with Crippen molar-refractivity contribution in [3.8, 4) is 5.75 Å². The predicted molar refractivity (Wildman–Crippen MR) is 113 cm³/mol. The standard InChI is InChI=1S/C25H28NO/c1-20(22-13-7-4-8-14-22)24(18-17-21-11-5-3-6-12-21)26-19-23-15-9-10-16-25(23)27-2/h3-16,20,24,26H,1,17-19H2,2H3. The van der Waals surface area contributed by atoms with Gasteiger partial charge in [-0.15, -0.1) is 0 Å². The summed E-state index contributed by atoms with van der Waals surface area (Å²) in [6.45, 7) is 5.25. The Morgan fingerprint density at radius 1 is 0.852 bits per heavy atom. The lowest BCUT2D eigenvalue weighted by atomic mass is 9.89. The second-order valence-corrected chi connectivity index (χ2v) is 6.84. The number of aryl methyl sites for hydroxylation is 1. The van der Waals surface area contributed by atoms with Crippen molar-refractivity contribution in [3.63, 3.8) is 0 Å². The zero-order valence-electron chi connectivity index (χ0n) is 16.0. The van der Waals surface area contributed by atoms with Crippen LogP contribution in [0.2, 0.25) is 0 Å². The highest BCUT2D eigenvalue weighted by atomic mass is 16.5. The van der Waals surface area contributed by atoms with Crippen molar-refractivity contribution in [2.24, 2.45) is 0 Å². The van der Waals surface area contributed by atoms with Gasteiger partial charge in [0.1, 0.15) is 5.75 Å². The molecule has 0 bridgehead atoms. The zero-order chi connectivity index (χ0) is 18.9. The molecule has 0 aromatic heterocycles. The maximum atomic E-state index is 5.50. The summed E-state index contributed by atoms with van der Waals surface area (Å²) in [4.78, 5) is 0. The number of benzene rings is 3. The van der Waals surface area contributed by atoms with E-state index >= 15 is 0 Å². The Labute approximate surface area is 163 Å². The fourth-order valence-corrected chi connectivity index (χ4v) is 3.43. The van der Waals surface area contributed by atoms with Crippen LogP contribution in [0.25, 0.3) is 0 Å². The molecule has 2 heteroatoms. The smallest absolute Gasteiger partial charge is 0.123 e. The quantitative estimate of drug-likeness (QED) is 0.553. The van der Waals surface area contributed by atoms with E-state index in [0.29, 0.717) is 0 Å². The number of nitrogens with one attached hydrogen (secondary N) is 1. The maximum absolute atomic E-state index is 5.50. The molecule has 0 heterocycles. The topological polar surface area (TPSA) is 21.3 Å². The van der Waals surface area contributed by atoms with Crippen LogP contribution in [0.15, 0.2) is 84.9 Å². The summed E-state index contributed by atoms with van der Waals surface area (Å²) in [5.41, 5.74) is 3.80. The maximum Gasteiger partial charge on any atom is 0.123 e. The van der Waals surface area contributed by atoms with Gasteiger partial charge in [-0.25, -0.2) is 0 Å². The first-order valence-corrected chi connectivity index (χ1v) is 9.55. The van der Waals surface area contributed by atoms with Crippen molar-refractivity contribution in [1.29, 1.82) is 0 Å². The van der Waals surface area contributed by atoms with Gasteiger partial charge in [0.05, 0.1) is 7.11 Å². The van der Waals surface area contributed by atoms with E-state index in [1.54, 1.807) is 7.11 Å². The average molecular weight is 359 g/mol. The number of hydrogen-bond acceptors (Lipinski definition) is 2. The molecule has 2 atom stereocenters. The average Bonchev–Trinajstić information content (AvgIpc) is 2.75. The van der Waals surface area contributed by atoms with Gasteiger partial charge in [-0.3, -0.25) is 0 Å². The molecule has 0 aliphatic rings. The Kier molecular flexibility index (Phi) is 7.06. The number of rotatable bonds is 9. The molecular weight excluding hydrogens is 330 g/mol. The van der Waals surface area contributed by atoms with Crippen molar-refractivity contribution < 1.29 is 4.74 Å². The largest absolute Gasteiger partial charge is 0.496 e. The monoisotopic (exact) mass is 358 g/mol. The van der Waals surface area contributed by atoms with Gasteiger partial charge < -0.3 is 10.1 Å². The summed E-state index contributed by atoms with van der Waals surface area (Å²) in [6.07, 6.45) is 2.06. The molecule has 27 heavy (non-hydrogen) atoms. The Morgan fingerprint density at radius 3 is 2.19 bits per heavy atom. The first-order chi connectivity index (χ1) is 13.3. The SMILES string of the molecule is [CH2]C(c1ccccc1)C(CCc1ccccc1)NCc1ccccc1OC. The summed E-state index contributed by atoms with van der Waals surface area (Å²) in [7, 11) is 1.72. The van der Waals surface area contributed by atoms with E-state index in [-0.39, 0.29) is 12.0 Å². The van der Waals surface area contributed by atoms with Crippen LogP contribution in [0, 0.1) is 6.92 Å². The van der Waals surface area contributed by atoms with Crippen LogP contribution in [0.4, 0.5) is 0 Å². The van der Waals surface area contributed by atoms with Crippen LogP contribution in [-0.2, 0) is 13.0 Å². The molecule has 0 spiro atoms. The van der Waals surface area contributed by atoms with Crippen molar-refractivity contribution >= 4 is 0 Å². The number of methoxy groups -OCH3 is 1. The van der Waals surface area contributed by atoms with Gasteiger partial charge in [0.2, 0.25) is 0 Å². The molecule has 3 aromatic rings. The Bertz CT molecular complexity index is 801. The minimum Gasteiger partial charge on any atom is -0.496 e. The van der Waals surface area contributed by atoms with Gasteiger partial charge in [0.25, 0.3) is 0 Å². The van der Waals surface area contributed by atoms with E-state index in [1.807, 2.05) is 12.1 Å². The zero-order valence-corrected chi connectivity index (χ0v) is 16.0. The molecule has 0 amide bonds. The summed E-state index contributed by atoms with van der Waals surface area (Å²) in [5, 5.41) is 3.74. The van der Waals surface area contributed by atoms with E-state index in [1.165, 1.54) is 16.7 Å². The molecule has 0 saturated carbocycles. The number of ether oxygens (including phenoxy) is 1. The molecule has 2 nitrogen and oxygen atoms in total. The number of para-hydroxylation sites is 1. The van der Waals surface area contributed by atoms with Gasteiger partial charge in [-0.2, -0.15) is 0 Å². The highest BCUT2D eigenvalue weighted by molar-refractivity contribution is 5.33. The molecule has 2 unspecified atom stereocenters. The van der Waals surface area contributed by atoms with Crippen molar-refractivity contribution in [1.82, 2.24) is 5.32 Å². The Balaban J connectivity index is 1.72. The third-order valence-corrected chi connectivity index (χ3v) is 5.05. The van der Waals surface area contributed by atoms with Crippen LogP contribution in [0.5, 0.6) is 5.75 Å². The molecule has 139 valence electrons. The molecule has 0 aliphatic carbocycles. The predicted octanol–water partition coefficient (Wildman–Crippen LogP) is 5.40. The summed E-state index contributed by atoms with van der Waals surface area (Å²) >= 11 is 0. The lowest BCUT2D eigenvalue weighted by molar-refractivity contribution is 0.398. The molecule has 0 fully saturated rings. The van der Waals surface area contributed by atoms with Gasteiger partial charge in [-0.05, 0) is 42.9 Å². The molecule has 3 rings (SSSR count). The van der Waals surface area contributed by atoms with Crippen molar-refractivity contribution in [2.75, 3.05) is 7.11 Å². The molecule has 1 radical (unpaired) electrons. The third-order valence-electron chi connectivity index (χ3n) is 5.05. The number of hydrogen-bond donors (Lipinski definition) is 1. The van der Waals surface area contributed by atoms with E-state index in [0.717, 1.165) is 25.1 Å². The van der Waals surface area contributed by atoms with Crippen molar-refractivity contribution in [3.05, 3.63) is 109 Å². The molecular formula is C25H28NO. The summed E-state index contributed by atoms with van der Waals surface area (Å²) in [6, 6.07) is 29.7. The first-order valence-electron chi connectivity index (χ1n) is 9.55. The molecule has 0 saturated heterocycles. The van der Waals surface area contributed by atoms with Crippen LogP contribution in [0.1, 0.15) is 29.0 Å². The Morgan fingerprint density at radius 2 is 1.48 bits per heavy atom. The van der Waals surface area contributed by atoms with E-state index < -0.39 is 0 Å². The fraction of sp³-hybridized carbons (Fsp3) is 0.240. The second kappa shape index (κ2) is 9.94. The van der Waals surface area contributed by atoms with Crippen LogP contribution in [0.3, 0.4) is 0 Å². The molecule has 0 aliphatic heterocycles. The van der Waals surface area contributed by atoms with Gasteiger partial charge in [0, 0.05) is 18.2 Å². The minimum absolute atomic E-state index is 0.185. The van der Waals surface area contributed by atoms with Crippen LogP contribution >= 0.6 is 0 Å². The molecule has 1 N–H and O–H groups in total. The highest BCUT2D eigenvalue weighted by Crippen LogP contribution is 2.24. The van der Waals surface area contributed by atoms with Crippen molar-refractivity contribution in [2.45, 2.75) is 31.3 Å². The summed E-state index contributed by atoms with van der Waals surface area (Å²) in [5.74, 6) is 1.11. The van der Waals surface area contributed by atoms with E-state index in [2.05, 4.69) is 85.0 Å². The second-order valence-electron chi connectivity index (χ2n) is 6.84. The lowest BCUT2D eigenvalue weighted by Crippen LogP contribution is -2.34. The minimum atomic E-state index is 0.185. The van der Waals surface area contributed by atoms with Gasteiger partial charge >= 0.3 is 0 Å². The highest BCUT2D eigenvalue weighted by Gasteiger charge is 2.19. The van der Waals surface area contributed by atoms with Crippen LogP contribution < -0.4 is 10.1 Å². The van der Waals surface area contributed by atoms with Gasteiger partial charge in [0.15, 0.2) is 0 Å². The third kappa shape index (κ3) is 5.45. The first kappa shape index (κ1) is 19.2. The van der Waals surface area contributed by atoms with Gasteiger partial charge in [-0.1, -0.05) is 78.9 Å². The summed E-state index contributed by atoms with van der Waals surface area (Å²) < 4.78 is 5.50. The Hall–Kier alpha value is -2.58. The van der Waals surface area contributed by atoms with E-state index in [9.17, 15) is 0 Å². The van der Waals surface area contributed by atoms with Crippen LogP contribution in [-0.4, -0.2) is 13.2 Å².